The lowest BCUT2D eigenvalue weighted by molar-refractivity contribution is -0.110. The number of aromatic nitrogens is 3. The number of halogens is 4. The van der Waals surface area contributed by atoms with E-state index in [1.165, 1.54) is 16.6 Å². The Morgan fingerprint density at radius 3 is 2.73 bits per heavy atom. The molecule has 6 nitrogen and oxygen atoms in total. The van der Waals surface area contributed by atoms with Crippen LogP contribution in [0.4, 0.5) is 23.5 Å². The number of alkyl halides is 3. The van der Waals surface area contributed by atoms with Crippen LogP contribution in [0.5, 0.6) is 5.75 Å². The molecule has 2 aliphatic rings. The number of pyridine rings is 1. The molecule has 0 spiro atoms. The van der Waals surface area contributed by atoms with Gasteiger partial charge in [-0.3, -0.25) is 0 Å². The van der Waals surface area contributed by atoms with Crippen LogP contribution in [-0.2, 0) is 0 Å². The fraction of sp³-hybridized carbons (Fsp3) is 0.500. The summed E-state index contributed by atoms with van der Waals surface area (Å²) >= 11 is 0. The molecule has 0 radical (unpaired) electrons. The fourth-order valence-corrected chi connectivity index (χ4v) is 3.69. The summed E-state index contributed by atoms with van der Waals surface area (Å²) in [6.07, 6.45) is -1.18. The van der Waals surface area contributed by atoms with Gasteiger partial charge in [-0.2, -0.15) is 22.5 Å². The molecular formula is C16H17F4N5O. The first-order valence-corrected chi connectivity index (χ1v) is 8.34. The number of allylic oxidation sites excluding steroid dienone is 1. The molecule has 3 atom stereocenters. The molecule has 0 amide bonds. The number of nitrogens with one attached hydrogen (secondary N) is 2. The lowest BCUT2D eigenvalue weighted by Crippen LogP contribution is -2.45. The van der Waals surface area contributed by atoms with E-state index >= 15 is 0 Å². The van der Waals surface area contributed by atoms with Crippen LogP contribution in [0.3, 0.4) is 0 Å². The van der Waals surface area contributed by atoms with E-state index in [0.717, 1.165) is 25.9 Å². The van der Waals surface area contributed by atoms with Crippen molar-refractivity contribution in [2.45, 2.75) is 25.1 Å². The van der Waals surface area contributed by atoms with Gasteiger partial charge in [0, 0.05) is 12.2 Å². The highest BCUT2D eigenvalue weighted by Crippen LogP contribution is 2.35. The largest absolute Gasteiger partial charge is 0.458 e. The first kappa shape index (κ1) is 17.1. The maximum Gasteiger partial charge on any atom is 0.446 e. The molecule has 1 aliphatic heterocycles. The average Bonchev–Trinajstić information content (AvgIpc) is 3.08. The Bertz CT molecular complexity index is 818. The standard InChI is InChI=1S/C16H17F4N5O/c17-12(16(18,19)20)8-26-11-2-1-5-25-14(11)23-15(24-25)22-13-9-3-4-10(13)7-21-6-9/h1-2,5,8-10,13,21H,3-4,6-7H2,(H,22,24)/b12-8-/t9-,10+,13?. The van der Waals surface area contributed by atoms with Gasteiger partial charge in [0.15, 0.2) is 11.4 Å². The van der Waals surface area contributed by atoms with Crippen LogP contribution in [-0.4, -0.2) is 39.9 Å². The highest BCUT2D eigenvalue weighted by molar-refractivity contribution is 5.56. The maximum absolute atomic E-state index is 13.0. The van der Waals surface area contributed by atoms with Crippen molar-refractivity contribution in [3.05, 3.63) is 30.4 Å². The molecule has 2 aromatic heterocycles. The lowest BCUT2D eigenvalue weighted by Gasteiger charge is -2.30. The van der Waals surface area contributed by atoms with E-state index in [4.69, 9.17) is 4.74 Å². The van der Waals surface area contributed by atoms with Crippen LogP contribution in [0, 0.1) is 11.8 Å². The summed E-state index contributed by atoms with van der Waals surface area (Å²) in [4.78, 5) is 4.31. The van der Waals surface area contributed by atoms with E-state index in [9.17, 15) is 17.6 Å². The predicted molar refractivity (Wildman–Crippen MR) is 85.4 cm³/mol. The number of nitrogens with zero attached hydrogens (tertiary/aromatic N) is 3. The third kappa shape index (κ3) is 3.20. The maximum atomic E-state index is 13.0. The van der Waals surface area contributed by atoms with E-state index in [2.05, 4.69) is 20.7 Å². The molecule has 4 rings (SSSR count). The topological polar surface area (TPSA) is 63.5 Å². The summed E-state index contributed by atoms with van der Waals surface area (Å²) in [6.45, 7) is 1.88. The predicted octanol–water partition coefficient (Wildman–Crippen LogP) is 2.89. The second-order valence-electron chi connectivity index (χ2n) is 6.58. The van der Waals surface area contributed by atoms with Crippen molar-refractivity contribution >= 4 is 11.6 Å². The molecule has 1 aliphatic carbocycles. The van der Waals surface area contributed by atoms with Crippen LogP contribution in [0.25, 0.3) is 5.65 Å². The average molecular weight is 371 g/mol. The summed E-state index contributed by atoms with van der Waals surface area (Å²) in [5, 5.41) is 11.0. The highest BCUT2D eigenvalue weighted by Gasteiger charge is 2.39. The number of piperidine rings is 1. The molecule has 2 N–H and O–H groups in total. The third-order valence-electron chi connectivity index (χ3n) is 4.92. The smallest absolute Gasteiger partial charge is 0.446 e. The van der Waals surface area contributed by atoms with E-state index in [0.29, 0.717) is 17.8 Å². The Morgan fingerprint density at radius 1 is 1.31 bits per heavy atom. The molecule has 2 aromatic rings. The van der Waals surface area contributed by atoms with E-state index in [1.54, 1.807) is 6.20 Å². The molecule has 2 fully saturated rings. The Hall–Kier alpha value is -2.36. The molecule has 1 saturated heterocycles. The zero-order chi connectivity index (χ0) is 18.3. The number of ether oxygens (including phenoxy) is 1. The quantitative estimate of drug-likeness (QED) is 0.639. The summed E-state index contributed by atoms with van der Waals surface area (Å²) in [7, 11) is 0. The number of anilines is 1. The van der Waals surface area contributed by atoms with Gasteiger partial charge in [-0.25, -0.2) is 4.52 Å². The van der Waals surface area contributed by atoms with Crippen molar-refractivity contribution in [2.24, 2.45) is 11.8 Å². The van der Waals surface area contributed by atoms with Crippen LogP contribution in [0.2, 0.25) is 0 Å². The van der Waals surface area contributed by atoms with Crippen LogP contribution in [0.1, 0.15) is 12.8 Å². The van der Waals surface area contributed by atoms with Crippen molar-refractivity contribution < 1.29 is 22.3 Å². The van der Waals surface area contributed by atoms with Gasteiger partial charge in [-0.05, 0) is 49.9 Å². The minimum Gasteiger partial charge on any atom is -0.458 e. The van der Waals surface area contributed by atoms with E-state index in [-0.39, 0.29) is 23.7 Å². The second-order valence-corrected chi connectivity index (χ2v) is 6.58. The lowest BCUT2D eigenvalue weighted by atomic mass is 9.94. The normalized spacial score (nSPS) is 26.3. The number of fused-ring (bicyclic) bond motifs is 3. The molecule has 26 heavy (non-hydrogen) atoms. The second kappa shape index (κ2) is 6.42. The molecule has 3 heterocycles. The summed E-state index contributed by atoms with van der Waals surface area (Å²) in [5.41, 5.74) is 0.211. The van der Waals surface area contributed by atoms with Crippen LogP contribution in [0.15, 0.2) is 30.4 Å². The Kier molecular flexibility index (Phi) is 4.22. The van der Waals surface area contributed by atoms with Gasteiger partial charge in [-0.15, -0.1) is 5.10 Å². The Morgan fingerprint density at radius 2 is 2.04 bits per heavy atom. The van der Waals surface area contributed by atoms with Gasteiger partial charge in [-0.1, -0.05) is 0 Å². The van der Waals surface area contributed by atoms with Gasteiger partial charge in [0.2, 0.25) is 11.8 Å². The SMILES string of the molecule is F/C(=C\Oc1cccn2nc(NC3[C@@H]4CC[C@H]3CNC4)nc12)C(F)(F)F. The summed E-state index contributed by atoms with van der Waals surface area (Å²) in [5.74, 6) is -0.950. The van der Waals surface area contributed by atoms with Gasteiger partial charge in [0.1, 0.15) is 6.26 Å². The zero-order valence-electron chi connectivity index (χ0n) is 13.6. The first-order valence-electron chi connectivity index (χ1n) is 8.34. The van der Waals surface area contributed by atoms with Crippen molar-refractivity contribution in [3.63, 3.8) is 0 Å². The Labute approximate surface area is 146 Å². The summed E-state index contributed by atoms with van der Waals surface area (Å²) < 4.78 is 55.9. The molecule has 1 unspecified atom stereocenters. The van der Waals surface area contributed by atoms with E-state index < -0.39 is 12.0 Å². The fourth-order valence-electron chi connectivity index (χ4n) is 3.69. The monoisotopic (exact) mass is 371 g/mol. The number of rotatable bonds is 4. The van der Waals surface area contributed by atoms with Gasteiger partial charge >= 0.3 is 6.18 Å². The molecule has 0 aromatic carbocycles. The van der Waals surface area contributed by atoms with Crippen molar-refractivity contribution in [1.29, 1.82) is 0 Å². The highest BCUT2D eigenvalue weighted by atomic mass is 19.4. The number of hydrogen-bond acceptors (Lipinski definition) is 5. The molecule has 2 bridgehead atoms. The molecule has 140 valence electrons. The molecule has 10 heteroatoms. The van der Waals surface area contributed by atoms with Crippen LogP contribution < -0.4 is 15.4 Å². The van der Waals surface area contributed by atoms with Crippen molar-refractivity contribution in [2.75, 3.05) is 18.4 Å². The minimum absolute atomic E-state index is 0.0132. The van der Waals surface area contributed by atoms with Crippen LogP contribution >= 0.6 is 0 Å². The van der Waals surface area contributed by atoms with Gasteiger partial charge in [0.05, 0.1) is 0 Å². The van der Waals surface area contributed by atoms with Crippen molar-refractivity contribution in [3.8, 4) is 5.75 Å². The Balaban J connectivity index is 1.56. The van der Waals surface area contributed by atoms with Crippen molar-refractivity contribution in [1.82, 2.24) is 19.9 Å². The molecule has 1 saturated carbocycles. The van der Waals surface area contributed by atoms with Gasteiger partial charge in [0.25, 0.3) is 0 Å². The van der Waals surface area contributed by atoms with Gasteiger partial charge < -0.3 is 15.4 Å². The molecular weight excluding hydrogens is 354 g/mol. The third-order valence-corrected chi connectivity index (χ3v) is 4.92. The minimum atomic E-state index is -5.08. The zero-order valence-corrected chi connectivity index (χ0v) is 13.6. The number of hydrogen-bond donors (Lipinski definition) is 2. The van der Waals surface area contributed by atoms with E-state index in [1.807, 2.05) is 0 Å². The first-order chi connectivity index (χ1) is 12.4. The summed E-state index contributed by atoms with van der Waals surface area (Å²) in [6, 6.07) is 3.21.